The molecule has 0 aromatic heterocycles. The lowest BCUT2D eigenvalue weighted by atomic mass is 9.74. The molecule has 1 fully saturated rings. The minimum atomic E-state index is 0.131. The first-order valence-corrected chi connectivity index (χ1v) is 8.37. The summed E-state index contributed by atoms with van der Waals surface area (Å²) in [5.74, 6) is 0.796. The fourth-order valence-electron chi connectivity index (χ4n) is 2.94. The van der Waals surface area contributed by atoms with Crippen LogP contribution in [0.4, 0.5) is 0 Å². The predicted octanol–water partition coefficient (Wildman–Crippen LogP) is 5.51. The van der Waals surface area contributed by atoms with Crippen LogP contribution in [0.15, 0.2) is 0 Å². The highest BCUT2D eigenvalue weighted by atomic mass is 79.9. The van der Waals surface area contributed by atoms with E-state index in [4.69, 9.17) is 11.6 Å². The largest absolute Gasteiger partial charge is 0.198 e. The molecule has 18 heavy (non-hydrogen) atoms. The second-order valence-electron chi connectivity index (χ2n) is 6.66. The normalized spacial score (nSPS) is 35.8. The molecule has 1 saturated carbocycles. The van der Waals surface area contributed by atoms with Crippen molar-refractivity contribution < 1.29 is 0 Å². The summed E-state index contributed by atoms with van der Waals surface area (Å²) in [6.07, 6.45) is 6.38. The SMILES string of the molecule is CC(C)(C)C1CCCC(Cl)CC(C#N)CCC1Br. The third kappa shape index (κ3) is 5.10. The number of rotatable bonds is 0. The van der Waals surface area contributed by atoms with Crippen LogP contribution >= 0.6 is 27.5 Å². The maximum Gasteiger partial charge on any atom is 0.0656 e. The smallest absolute Gasteiger partial charge is 0.0656 e. The van der Waals surface area contributed by atoms with Crippen molar-refractivity contribution in [1.82, 2.24) is 0 Å². The number of hydrogen-bond acceptors (Lipinski definition) is 1. The van der Waals surface area contributed by atoms with Gasteiger partial charge in [-0.15, -0.1) is 11.6 Å². The molecule has 0 N–H and O–H groups in total. The summed E-state index contributed by atoms with van der Waals surface area (Å²) in [6.45, 7) is 6.95. The van der Waals surface area contributed by atoms with Gasteiger partial charge in [0, 0.05) is 16.1 Å². The Morgan fingerprint density at radius 2 is 1.83 bits per heavy atom. The zero-order valence-corrected chi connectivity index (χ0v) is 14.1. The number of nitriles is 1. The second kappa shape index (κ2) is 7.15. The summed E-state index contributed by atoms with van der Waals surface area (Å²) < 4.78 is 0. The van der Waals surface area contributed by atoms with Crippen LogP contribution in [-0.4, -0.2) is 10.2 Å². The van der Waals surface area contributed by atoms with Crippen molar-refractivity contribution in [2.45, 2.75) is 69.5 Å². The van der Waals surface area contributed by atoms with E-state index in [1.165, 1.54) is 12.8 Å². The van der Waals surface area contributed by atoms with Gasteiger partial charge in [-0.3, -0.25) is 0 Å². The maximum atomic E-state index is 9.18. The lowest BCUT2D eigenvalue weighted by molar-refractivity contribution is 0.205. The van der Waals surface area contributed by atoms with Gasteiger partial charge in [-0.05, 0) is 43.4 Å². The van der Waals surface area contributed by atoms with E-state index in [1.54, 1.807) is 0 Å². The molecule has 4 unspecified atom stereocenters. The molecular formula is C15H25BrClN. The van der Waals surface area contributed by atoms with E-state index in [-0.39, 0.29) is 11.3 Å². The minimum absolute atomic E-state index is 0.131. The Kier molecular flexibility index (Phi) is 6.48. The number of nitrogens with zero attached hydrogens (tertiary/aromatic N) is 1. The van der Waals surface area contributed by atoms with Crippen LogP contribution in [0.25, 0.3) is 0 Å². The van der Waals surface area contributed by atoms with Crippen LogP contribution in [0.5, 0.6) is 0 Å². The molecule has 4 atom stereocenters. The maximum absolute atomic E-state index is 9.18. The van der Waals surface area contributed by atoms with Crippen molar-refractivity contribution in [3.05, 3.63) is 0 Å². The Hall–Kier alpha value is 0.260. The van der Waals surface area contributed by atoms with Crippen molar-refractivity contribution in [2.75, 3.05) is 0 Å². The van der Waals surface area contributed by atoms with Gasteiger partial charge in [0.2, 0.25) is 0 Å². The monoisotopic (exact) mass is 333 g/mol. The highest BCUT2D eigenvalue weighted by Crippen LogP contribution is 2.40. The van der Waals surface area contributed by atoms with E-state index in [0.717, 1.165) is 25.7 Å². The van der Waals surface area contributed by atoms with E-state index in [0.29, 0.717) is 16.2 Å². The summed E-state index contributed by atoms with van der Waals surface area (Å²) in [6, 6.07) is 2.42. The quantitative estimate of drug-likeness (QED) is 0.535. The van der Waals surface area contributed by atoms with Gasteiger partial charge in [0.1, 0.15) is 0 Å². The predicted molar refractivity (Wildman–Crippen MR) is 82.1 cm³/mol. The van der Waals surface area contributed by atoms with E-state index >= 15 is 0 Å². The standard InChI is InChI=1S/C15H25BrClN/c1-15(2,3)13-6-4-5-12(17)9-11(10-18)7-8-14(13)16/h11-14H,4-9H2,1-3H3. The van der Waals surface area contributed by atoms with Crippen LogP contribution in [0, 0.1) is 28.6 Å². The molecule has 0 aliphatic heterocycles. The van der Waals surface area contributed by atoms with Gasteiger partial charge < -0.3 is 0 Å². The molecule has 0 aromatic carbocycles. The topological polar surface area (TPSA) is 23.8 Å². The van der Waals surface area contributed by atoms with E-state index in [1.807, 2.05) is 0 Å². The molecule has 0 spiro atoms. The van der Waals surface area contributed by atoms with Crippen LogP contribution in [0.3, 0.4) is 0 Å². The fourth-order valence-corrected chi connectivity index (χ4v) is 4.63. The number of halogens is 2. The van der Waals surface area contributed by atoms with Gasteiger partial charge in [-0.1, -0.05) is 43.1 Å². The Morgan fingerprint density at radius 1 is 1.17 bits per heavy atom. The fraction of sp³-hybridized carbons (Fsp3) is 0.933. The second-order valence-corrected chi connectivity index (χ2v) is 8.45. The number of hydrogen-bond donors (Lipinski definition) is 0. The van der Waals surface area contributed by atoms with E-state index < -0.39 is 0 Å². The van der Waals surface area contributed by atoms with Crippen LogP contribution < -0.4 is 0 Å². The van der Waals surface area contributed by atoms with E-state index in [9.17, 15) is 5.26 Å². The molecule has 0 amide bonds. The zero-order chi connectivity index (χ0) is 13.8. The van der Waals surface area contributed by atoms with Crippen LogP contribution in [0.2, 0.25) is 0 Å². The summed E-state index contributed by atoms with van der Waals surface area (Å²) in [7, 11) is 0. The lowest BCUT2D eigenvalue weighted by Crippen LogP contribution is -2.30. The highest BCUT2D eigenvalue weighted by Gasteiger charge is 2.31. The molecule has 0 saturated heterocycles. The molecule has 1 aliphatic carbocycles. The summed E-state index contributed by atoms with van der Waals surface area (Å²) in [5, 5.41) is 9.36. The number of alkyl halides is 2. The molecule has 1 rings (SSSR count). The van der Waals surface area contributed by atoms with Crippen LogP contribution in [0.1, 0.15) is 59.3 Å². The van der Waals surface area contributed by atoms with E-state index in [2.05, 4.69) is 42.8 Å². The average Bonchev–Trinajstić information content (AvgIpc) is 2.27. The van der Waals surface area contributed by atoms with Gasteiger partial charge in [0.25, 0.3) is 0 Å². The van der Waals surface area contributed by atoms with Crippen molar-refractivity contribution in [3.8, 4) is 6.07 Å². The first-order chi connectivity index (χ1) is 8.34. The molecule has 1 nitrogen and oxygen atoms in total. The van der Waals surface area contributed by atoms with Gasteiger partial charge in [-0.2, -0.15) is 5.26 Å². The summed E-state index contributed by atoms with van der Waals surface area (Å²) in [5.41, 5.74) is 0.317. The first-order valence-electron chi connectivity index (χ1n) is 7.02. The minimum Gasteiger partial charge on any atom is -0.198 e. The summed E-state index contributed by atoms with van der Waals surface area (Å²) in [4.78, 5) is 0.528. The molecule has 1 aliphatic rings. The molecular weight excluding hydrogens is 310 g/mol. The highest BCUT2D eigenvalue weighted by molar-refractivity contribution is 9.09. The van der Waals surface area contributed by atoms with Gasteiger partial charge in [0.05, 0.1) is 6.07 Å². The van der Waals surface area contributed by atoms with Crippen molar-refractivity contribution in [3.63, 3.8) is 0 Å². The van der Waals surface area contributed by atoms with Gasteiger partial charge >= 0.3 is 0 Å². The summed E-state index contributed by atoms with van der Waals surface area (Å²) >= 11 is 10.2. The Bertz CT molecular complexity index is 292. The third-order valence-electron chi connectivity index (χ3n) is 4.10. The van der Waals surface area contributed by atoms with Gasteiger partial charge in [-0.25, -0.2) is 0 Å². The average molecular weight is 335 g/mol. The van der Waals surface area contributed by atoms with Crippen molar-refractivity contribution >= 4 is 27.5 Å². The van der Waals surface area contributed by atoms with Gasteiger partial charge in [0.15, 0.2) is 0 Å². The molecule has 104 valence electrons. The molecule has 0 bridgehead atoms. The molecule has 0 aromatic rings. The Morgan fingerprint density at radius 3 is 2.39 bits per heavy atom. The molecule has 3 heteroatoms. The third-order valence-corrected chi connectivity index (χ3v) is 5.59. The Balaban J connectivity index is 2.72. The zero-order valence-electron chi connectivity index (χ0n) is 11.8. The first kappa shape index (κ1) is 16.3. The van der Waals surface area contributed by atoms with Crippen LogP contribution in [-0.2, 0) is 0 Å². The molecule has 0 radical (unpaired) electrons. The van der Waals surface area contributed by atoms with Crippen molar-refractivity contribution in [1.29, 1.82) is 5.26 Å². The lowest BCUT2D eigenvalue weighted by Gasteiger charge is -2.36. The Labute approximate surface area is 125 Å². The van der Waals surface area contributed by atoms with Crippen molar-refractivity contribution in [2.24, 2.45) is 17.3 Å². The molecule has 0 heterocycles.